The molecule has 1 amide bonds. The number of carboxylic acid groups (broad SMARTS) is 1. The van der Waals surface area contributed by atoms with Gasteiger partial charge in [-0.1, -0.05) is 18.2 Å². The van der Waals surface area contributed by atoms with Crippen LogP contribution < -0.4 is 10.1 Å². The second kappa shape index (κ2) is 7.38. The summed E-state index contributed by atoms with van der Waals surface area (Å²) in [5.41, 5.74) is 4.15. The number of carbonyl (C=O) groups excluding carboxylic acids is 1. The highest BCUT2D eigenvalue weighted by Crippen LogP contribution is 2.25. The first-order chi connectivity index (χ1) is 12.0. The maximum absolute atomic E-state index is 12.3. The number of carbonyl (C=O) groups is 2. The summed E-state index contributed by atoms with van der Waals surface area (Å²) < 4.78 is 5.64. The molecule has 0 saturated carbocycles. The molecular formula is C20H21NO4. The number of hydrogen-bond donors (Lipinski definition) is 2. The molecule has 5 heteroatoms. The summed E-state index contributed by atoms with van der Waals surface area (Å²) in [6.07, 6.45) is 2.66. The number of carboxylic acids is 1. The van der Waals surface area contributed by atoms with E-state index in [1.165, 1.54) is 17.5 Å². The summed E-state index contributed by atoms with van der Waals surface area (Å²) in [6, 6.07) is 12.8. The number of ether oxygens (including phenoxy) is 1. The third kappa shape index (κ3) is 4.38. The molecule has 25 heavy (non-hydrogen) atoms. The van der Waals surface area contributed by atoms with Crippen LogP contribution in [0.2, 0.25) is 0 Å². The predicted octanol–water partition coefficient (Wildman–Crippen LogP) is 3.21. The van der Waals surface area contributed by atoms with Crippen LogP contribution in [0, 0.1) is 0 Å². The van der Waals surface area contributed by atoms with E-state index in [-0.39, 0.29) is 12.3 Å². The van der Waals surface area contributed by atoms with Gasteiger partial charge < -0.3 is 15.2 Å². The van der Waals surface area contributed by atoms with Gasteiger partial charge in [-0.25, -0.2) is 0 Å². The van der Waals surface area contributed by atoms with Gasteiger partial charge in [0.25, 0.3) is 5.91 Å². The molecule has 1 atom stereocenters. The molecule has 5 nitrogen and oxygen atoms in total. The van der Waals surface area contributed by atoms with Crippen LogP contribution in [0.4, 0.5) is 5.69 Å². The summed E-state index contributed by atoms with van der Waals surface area (Å²) in [5.74, 6) is -0.561. The van der Waals surface area contributed by atoms with E-state index in [2.05, 4.69) is 11.4 Å². The predicted molar refractivity (Wildman–Crippen MR) is 95.0 cm³/mol. The summed E-state index contributed by atoms with van der Waals surface area (Å²) in [7, 11) is 0. The van der Waals surface area contributed by atoms with Gasteiger partial charge in [-0.15, -0.1) is 0 Å². The number of anilines is 1. The first-order valence-electron chi connectivity index (χ1n) is 8.41. The zero-order chi connectivity index (χ0) is 17.8. The maximum Gasteiger partial charge on any atom is 0.307 e. The maximum atomic E-state index is 12.3. The van der Waals surface area contributed by atoms with E-state index in [0.717, 1.165) is 18.5 Å². The van der Waals surface area contributed by atoms with Gasteiger partial charge in [-0.2, -0.15) is 0 Å². The van der Waals surface area contributed by atoms with Gasteiger partial charge in [0.15, 0.2) is 6.10 Å². The lowest BCUT2D eigenvalue weighted by Crippen LogP contribution is -2.30. The van der Waals surface area contributed by atoms with Crippen LogP contribution in [-0.2, 0) is 28.9 Å². The average molecular weight is 339 g/mol. The molecule has 2 N–H and O–H groups in total. The molecule has 2 aromatic rings. The van der Waals surface area contributed by atoms with Crippen molar-refractivity contribution in [1.29, 1.82) is 0 Å². The molecule has 0 fully saturated rings. The van der Waals surface area contributed by atoms with E-state index in [1.807, 2.05) is 12.1 Å². The fraction of sp³-hybridized carbons (Fsp3) is 0.300. The summed E-state index contributed by atoms with van der Waals surface area (Å²) in [4.78, 5) is 23.0. The number of amides is 1. The standard InChI is InChI=1S/C20H21NO4/c1-13(25-18-9-5-14(6-10-18)11-19(22)23)20(24)21-17-8-7-15-3-2-4-16(15)12-17/h5-10,12-13H,2-4,11H2,1H3,(H,21,24)(H,22,23). The SMILES string of the molecule is CC(Oc1ccc(CC(=O)O)cc1)C(=O)Nc1ccc2c(c1)CCC2. The highest BCUT2D eigenvalue weighted by atomic mass is 16.5. The van der Waals surface area contributed by atoms with Crippen LogP contribution in [0.15, 0.2) is 42.5 Å². The highest BCUT2D eigenvalue weighted by molar-refractivity contribution is 5.94. The molecule has 3 rings (SSSR count). The summed E-state index contributed by atoms with van der Waals surface area (Å²) >= 11 is 0. The van der Waals surface area contributed by atoms with Crippen LogP contribution in [0.3, 0.4) is 0 Å². The third-order valence-corrected chi connectivity index (χ3v) is 4.33. The molecule has 0 aromatic heterocycles. The monoisotopic (exact) mass is 339 g/mol. The average Bonchev–Trinajstić information content (AvgIpc) is 3.03. The van der Waals surface area contributed by atoms with Crippen LogP contribution in [0.25, 0.3) is 0 Å². The summed E-state index contributed by atoms with van der Waals surface area (Å²) in [5, 5.41) is 11.7. The molecule has 1 unspecified atom stereocenters. The zero-order valence-electron chi connectivity index (χ0n) is 14.1. The minimum Gasteiger partial charge on any atom is -0.481 e. The van der Waals surface area contributed by atoms with Crippen LogP contribution in [-0.4, -0.2) is 23.1 Å². The third-order valence-electron chi connectivity index (χ3n) is 4.33. The lowest BCUT2D eigenvalue weighted by atomic mass is 10.1. The molecule has 0 heterocycles. The molecular weight excluding hydrogens is 318 g/mol. The van der Waals surface area contributed by atoms with Crippen molar-refractivity contribution < 1.29 is 19.4 Å². The zero-order valence-corrected chi connectivity index (χ0v) is 14.1. The number of nitrogens with one attached hydrogen (secondary N) is 1. The van der Waals surface area contributed by atoms with Gasteiger partial charge in [0, 0.05) is 5.69 Å². The molecule has 0 bridgehead atoms. The minimum absolute atomic E-state index is 0.0331. The van der Waals surface area contributed by atoms with Crippen LogP contribution in [0.1, 0.15) is 30.0 Å². The fourth-order valence-electron chi connectivity index (χ4n) is 3.01. The molecule has 0 saturated heterocycles. The number of rotatable bonds is 6. The molecule has 2 aromatic carbocycles. The van der Waals surface area contributed by atoms with Crippen molar-refractivity contribution in [3.63, 3.8) is 0 Å². The van der Waals surface area contributed by atoms with Gasteiger partial charge in [-0.3, -0.25) is 9.59 Å². The van der Waals surface area contributed by atoms with Crippen molar-refractivity contribution in [2.45, 2.75) is 38.7 Å². The highest BCUT2D eigenvalue weighted by Gasteiger charge is 2.17. The molecule has 1 aliphatic rings. The first kappa shape index (κ1) is 17.0. The number of benzene rings is 2. The van der Waals surface area contributed by atoms with Crippen molar-refractivity contribution in [2.24, 2.45) is 0 Å². The molecule has 0 radical (unpaired) electrons. The van der Waals surface area contributed by atoms with Crippen molar-refractivity contribution in [1.82, 2.24) is 0 Å². The smallest absolute Gasteiger partial charge is 0.307 e. The van der Waals surface area contributed by atoms with Gasteiger partial charge >= 0.3 is 5.97 Å². The van der Waals surface area contributed by atoms with Crippen molar-refractivity contribution >= 4 is 17.6 Å². The number of aryl methyl sites for hydroxylation is 2. The first-order valence-corrected chi connectivity index (χ1v) is 8.41. The van der Waals surface area contributed by atoms with Crippen molar-refractivity contribution in [3.05, 3.63) is 59.2 Å². The van der Waals surface area contributed by atoms with E-state index < -0.39 is 12.1 Å². The Morgan fingerprint density at radius 3 is 2.56 bits per heavy atom. The minimum atomic E-state index is -0.879. The quantitative estimate of drug-likeness (QED) is 0.847. The van der Waals surface area contributed by atoms with Crippen molar-refractivity contribution in [3.8, 4) is 5.75 Å². The number of fused-ring (bicyclic) bond motifs is 1. The van der Waals surface area contributed by atoms with Gasteiger partial charge in [-0.05, 0) is 67.1 Å². The Labute approximate surface area is 146 Å². The van der Waals surface area contributed by atoms with Crippen molar-refractivity contribution in [2.75, 3.05) is 5.32 Å². The Morgan fingerprint density at radius 2 is 1.84 bits per heavy atom. The number of hydrogen-bond acceptors (Lipinski definition) is 3. The normalized spacial score (nSPS) is 13.8. The Bertz CT molecular complexity index is 783. The Morgan fingerprint density at radius 1 is 1.12 bits per heavy atom. The molecule has 130 valence electrons. The summed E-state index contributed by atoms with van der Waals surface area (Å²) in [6.45, 7) is 1.69. The van der Waals surface area contributed by atoms with E-state index in [0.29, 0.717) is 11.3 Å². The van der Waals surface area contributed by atoms with Crippen LogP contribution >= 0.6 is 0 Å². The topological polar surface area (TPSA) is 75.6 Å². The fourth-order valence-corrected chi connectivity index (χ4v) is 3.01. The molecule has 0 aliphatic heterocycles. The van der Waals surface area contributed by atoms with E-state index in [1.54, 1.807) is 31.2 Å². The van der Waals surface area contributed by atoms with E-state index >= 15 is 0 Å². The Balaban J connectivity index is 1.58. The van der Waals surface area contributed by atoms with Gasteiger partial charge in [0.05, 0.1) is 6.42 Å². The van der Waals surface area contributed by atoms with Gasteiger partial charge in [0.2, 0.25) is 0 Å². The largest absolute Gasteiger partial charge is 0.481 e. The lowest BCUT2D eigenvalue weighted by molar-refractivity contribution is -0.136. The van der Waals surface area contributed by atoms with Gasteiger partial charge in [0.1, 0.15) is 5.75 Å². The molecule has 1 aliphatic carbocycles. The number of aliphatic carboxylic acids is 1. The Kier molecular flexibility index (Phi) is 5.03. The second-order valence-corrected chi connectivity index (χ2v) is 6.30. The van der Waals surface area contributed by atoms with Crippen LogP contribution in [0.5, 0.6) is 5.75 Å². The second-order valence-electron chi connectivity index (χ2n) is 6.30. The Hall–Kier alpha value is -2.82. The molecule has 0 spiro atoms. The van der Waals surface area contributed by atoms with E-state index in [9.17, 15) is 9.59 Å². The lowest BCUT2D eigenvalue weighted by Gasteiger charge is -2.15. The van der Waals surface area contributed by atoms with E-state index in [4.69, 9.17) is 9.84 Å².